The highest BCUT2D eigenvalue weighted by Gasteiger charge is 2.12. The molecule has 2 heteroatoms. The second-order valence-corrected chi connectivity index (χ2v) is 3.97. The molecule has 2 nitrogen and oxygen atoms in total. The molecule has 1 rings (SSSR count). The normalized spacial score (nSPS) is 12.4. The van der Waals surface area contributed by atoms with Crippen molar-refractivity contribution in [2.24, 2.45) is 0 Å². The largest absolute Gasteiger partial charge is 0.328 e. The summed E-state index contributed by atoms with van der Waals surface area (Å²) in [5.41, 5.74) is 3.20. The summed E-state index contributed by atoms with van der Waals surface area (Å²) in [4.78, 5) is 10.6. The lowest BCUT2D eigenvalue weighted by molar-refractivity contribution is -0.105. The highest BCUT2D eigenvalue weighted by Crippen LogP contribution is 2.30. The van der Waals surface area contributed by atoms with Crippen LogP contribution >= 0.6 is 0 Å². The zero-order chi connectivity index (χ0) is 12.7. The Labute approximate surface area is 103 Å². The van der Waals surface area contributed by atoms with E-state index in [1.807, 2.05) is 24.3 Å². The van der Waals surface area contributed by atoms with E-state index < -0.39 is 0 Å². The van der Waals surface area contributed by atoms with Crippen LogP contribution in [0, 0.1) is 0 Å². The van der Waals surface area contributed by atoms with Crippen molar-refractivity contribution in [2.75, 3.05) is 5.32 Å². The Balaban J connectivity index is 3.27. The number of benzene rings is 1. The lowest BCUT2D eigenvalue weighted by Gasteiger charge is -2.17. The fourth-order valence-electron chi connectivity index (χ4n) is 1.84. The third-order valence-electron chi connectivity index (χ3n) is 2.87. The molecule has 1 aromatic rings. The first kappa shape index (κ1) is 13.2. The van der Waals surface area contributed by atoms with Gasteiger partial charge in [0, 0.05) is 5.69 Å². The fraction of sp³-hybridized carbons (Fsp3) is 0.267. The van der Waals surface area contributed by atoms with Gasteiger partial charge >= 0.3 is 0 Å². The summed E-state index contributed by atoms with van der Waals surface area (Å²) in [5, 5.41) is 2.77. The SMILES string of the molecule is C=C/C=C\c1cccc(NC=O)c1C(C)CC. The summed E-state index contributed by atoms with van der Waals surface area (Å²) in [6, 6.07) is 5.93. The number of amides is 1. The van der Waals surface area contributed by atoms with Crippen molar-refractivity contribution in [1.29, 1.82) is 0 Å². The van der Waals surface area contributed by atoms with Crippen molar-refractivity contribution in [3.05, 3.63) is 48.1 Å². The maximum absolute atomic E-state index is 10.6. The molecule has 90 valence electrons. The lowest BCUT2D eigenvalue weighted by Crippen LogP contribution is -2.03. The number of carbonyl (C=O) groups is 1. The van der Waals surface area contributed by atoms with Crippen LogP contribution in [0.2, 0.25) is 0 Å². The van der Waals surface area contributed by atoms with E-state index in [-0.39, 0.29) is 0 Å². The molecule has 0 fully saturated rings. The predicted octanol–water partition coefficient (Wildman–Crippen LogP) is 3.97. The van der Waals surface area contributed by atoms with Crippen LogP contribution in [-0.2, 0) is 4.79 Å². The van der Waals surface area contributed by atoms with E-state index in [0.717, 1.165) is 24.1 Å². The van der Waals surface area contributed by atoms with Crippen LogP contribution in [0.4, 0.5) is 5.69 Å². The van der Waals surface area contributed by atoms with Gasteiger partial charge in [-0.3, -0.25) is 4.79 Å². The molecule has 1 atom stereocenters. The van der Waals surface area contributed by atoms with E-state index in [0.29, 0.717) is 5.92 Å². The minimum absolute atomic E-state index is 0.406. The highest BCUT2D eigenvalue weighted by atomic mass is 16.1. The van der Waals surface area contributed by atoms with Crippen LogP contribution in [0.5, 0.6) is 0 Å². The number of carbonyl (C=O) groups excluding carboxylic acids is 1. The molecule has 1 unspecified atom stereocenters. The summed E-state index contributed by atoms with van der Waals surface area (Å²) >= 11 is 0. The van der Waals surface area contributed by atoms with E-state index in [1.165, 1.54) is 5.56 Å². The fourth-order valence-corrected chi connectivity index (χ4v) is 1.84. The molecule has 17 heavy (non-hydrogen) atoms. The van der Waals surface area contributed by atoms with Gasteiger partial charge in [0.2, 0.25) is 6.41 Å². The number of rotatable bonds is 6. The Kier molecular flexibility index (Phi) is 5.21. The van der Waals surface area contributed by atoms with Crippen molar-refractivity contribution in [3.63, 3.8) is 0 Å². The summed E-state index contributed by atoms with van der Waals surface area (Å²) < 4.78 is 0. The number of hydrogen-bond donors (Lipinski definition) is 1. The molecule has 0 aliphatic rings. The molecular formula is C15H19NO. The zero-order valence-electron chi connectivity index (χ0n) is 10.4. The van der Waals surface area contributed by atoms with Gasteiger partial charge in [-0.05, 0) is 29.5 Å². The van der Waals surface area contributed by atoms with Gasteiger partial charge in [-0.1, -0.05) is 50.8 Å². The molecule has 0 heterocycles. The van der Waals surface area contributed by atoms with Gasteiger partial charge in [-0.25, -0.2) is 0 Å². The van der Waals surface area contributed by atoms with Crippen molar-refractivity contribution < 1.29 is 4.79 Å². The average Bonchev–Trinajstić information content (AvgIpc) is 2.36. The van der Waals surface area contributed by atoms with Gasteiger partial charge in [0.1, 0.15) is 0 Å². The molecule has 0 aromatic heterocycles. The quantitative estimate of drug-likeness (QED) is 0.580. The van der Waals surface area contributed by atoms with Gasteiger partial charge in [-0.15, -0.1) is 0 Å². The second-order valence-electron chi connectivity index (χ2n) is 3.97. The minimum atomic E-state index is 0.406. The average molecular weight is 229 g/mol. The Bertz CT molecular complexity index is 421. The van der Waals surface area contributed by atoms with Crippen LogP contribution in [0.1, 0.15) is 37.3 Å². The van der Waals surface area contributed by atoms with Crippen LogP contribution in [0.15, 0.2) is 36.9 Å². The maximum Gasteiger partial charge on any atom is 0.211 e. The first-order chi connectivity index (χ1) is 8.24. The molecule has 1 aromatic carbocycles. The Morgan fingerprint density at radius 1 is 1.47 bits per heavy atom. The number of nitrogens with one attached hydrogen (secondary N) is 1. The topological polar surface area (TPSA) is 29.1 Å². The molecular weight excluding hydrogens is 210 g/mol. The number of anilines is 1. The van der Waals surface area contributed by atoms with Gasteiger partial charge in [0.25, 0.3) is 0 Å². The molecule has 0 saturated carbocycles. The smallest absolute Gasteiger partial charge is 0.211 e. The molecule has 0 saturated heterocycles. The monoisotopic (exact) mass is 229 g/mol. The minimum Gasteiger partial charge on any atom is -0.328 e. The number of hydrogen-bond acceptors (Lipinski definition) is 1. The first-order valence-electron chi connectivity index (χ1n) is 5.86. The predicted molar refractivity (Wildman–Crippen MR) is 74.1 cm³/mol. The van der Waals surface area contributed by atoms with Crippen LogP contribution in [-0.4, -0.2) is 6.41 Å². The zero-order valence-corrected chi connectivity index (χ0v) is 10.4. The standard InChI is InChI=1S/C15H19NO/c1-4-6-8-13-9-7-10-14(16-11-17)15(13)12(3)5-2/h4,6-12H,1,5H2,2-3H3,(H,16,17)/b8-6-. The van der Waals surface area contributed by atoms with E-state index in [4.69, 9.17) is 0 Å². The molecule has 1 N–H and O–H groups in total. The Hall–Kier alpha value is -1.83. The molecule has 0 radical (unpaired) electrons. The van der Waals surface area contributed by atoms with E-state index in [1.54, 1.807) is 6.08 Å². The third kappa shape index (κ3) is 3.31. The highest BCUT2D eigenvalue weighted by molar-refractivity contribution is 5.77. The van der Waals surface area contributed by atoms with E-state index in [9.17, 15) is 4.79 Å². The second kappa shape index (κ2) is 6.69. The summed E-state index contributed by atoms with van der Waals surface area (Å²) in [7, 11) is 0. The van der Waals surface area contributed by atoms with Gasteiger partial charge in [0.05, 0.1) is 0 Å². The van der Waals surface area contributed by atoms with Gasteiger partial charge < -0.3 is 5.32 Å². The van der Waals surface area contributed by atoms with Gasteiger partial charge in [-0.2, -0.15) is 0 Å². The number of allylic oxidation sites excluding steroid dienone is 2. The van der Waals surface area contributed by atoms with E-state index in [2.05, 4.69) is 31.8 Å². The summed E-state index contributed by atoms with van der Waals surface area (Å²) in [6.07, 6.45) is 7.44. The Morgan fingerprint density at radius 3 is 2.82 bits per heavy atom. The van der Waals surface area contributed by atoms with E-state index >= 15 is 0 Å². The lowest BCUT2D eigenvalue weighted by atomic mass is 9.91. The molecule has 0 aliphatic heterocycles. The van der Waals surface area contributed by atoms with Crippen LogP contribution < -0.4 is 5.32 Å². The molecule has 0 aliphatic carbocycles. The summed E-state index contributed by atoms with van der Waals surface area (Å²) in [6.45, 7) is 7.98. The van der Waals surface area contributed by atoms with Crippen molar-refractivity contribution >= 4 is 18.2 Å². The first-order valence-corrected chi connectivity index (χ1v) is 5.86. The Morgan fingerprint density at radius 2 is 2.24 bits per heavy atom. The molecule has 1 amide bonds. The maximum atomic E-state index is 10.6. The van der Waals surface area contributed by atoms with Crippen LogP contribution in [0.3, 0.4) is 0 Å². The van der Waals surface area contributed by atoms with Crippen molar-refractivity contribution in [2.45, 2.75) is 26.2 Å². The van der Waals surface area contributed by atoms with Crippen molar-refractivity contribution in [3.8, 4) is 0 Å². The summed E-state index contributed by atoms with van der Waals surface area (Å²) in [5.74, 6) is 0.406. The molecule has 0 spiro atoms. The molecule has 0 bridgehead atoms. The van der Waals surface area contributed by atoms with Crippen molar-refractivity contribution in [1.82, 2.24) is 0 Å². The third-order valence-corrected chi connectivity index (χ3v) is 2.87. The van der Waals surface area contributed by atoms with Gasteiger partial charge in [0.15, 0.2) is 0 Å². The van der Waals surface area contributed by atoms with Crippen LogP contribution in [0.25, 0.3) is 6.08 Å².